The molecule has 7 nitrogen and oxygen atoms in total. The fraction of sp³-hybridized carbons (Fsp3) is 0.400. The summed E-state index contributed by atoms with van der Waals surface area (Å²) in [4.78, 5) is 27.1. The third-order valence-corrected chi connectivity index (χ3v) is 7.91. The standard InChI is InChI=1S/C20H25N3O4S2/c1-15(20(25)21-14-18-4-3-13-28-18)22-9-11-23(12-10-22)29(26,27)19-7-5-17(6-8-19)16(2)24/h3-8,13,15H,9-12,14H2,1-2H3,(H,21,25)/t15-/m0/s1. The summed E-state index contributed by atoms with van der Waals surface area (Å²) in [6, 6.07) is 9.61. The fourth-order valence-corrected chi connectivity index (χ4v) is 5.31. The minimum atomic E-state index is -3.62. The molecule has 156 valence electrons. The van der Waals surface area contributed by atoms with E-state index in [1.54, 1.807) is 11.3 Å². The Kier molecular flexibility index (Phi) is 6.84. The lowest BCUT2D eigenvalue weighted by molar-refractivity contribution is -0.126. The van der Waals surface area contributed by atoms with Crippen molar-refractivity contribution in [3.63, 3.8) is 0 Å². The Balaban J connectivity index is 1.56. The van der Waals surface area contributed by atoms with Crippen LogP contribution in [0.2, 0.25) is 0 Å². The number of carbonyl (C=O) groups excluding carboxylic acids is 2. The number of rotatable bonds is 7. The second-order valence-corrected chi connectivity index (χ2v) is 9.96. The van der Waals surface area contributed by atoms with Crippen LogP contribution in [0.4, 0.5) is 0 Å². The van der Waals surface area contributed by atoms with Gasteiger partial charge in [-0.2, -0.15) is 4.31 Å². The molecule has 1 saturated heterocycles. The van der Waals surface area contributed by atoms with E-state index in [1.807, 2.05) is 29.3 Å². The summed E-state index contributed by atoms with van der Waals surface area (Å²) in [7, 11) is -3.62. The number of nitrogens with one attached hydrogen (secondary N) is 1. The van der Waals surface area contributed by atoms with Crippen molar-refractivity contribution in [2.75, 3.05) is 26.2 Å². The first-order valence-corrected chi connectivity index (χ1v) is 11.8. The zero-order chi connectivity index (χ0) is 21.0. The van der Waals surface area contributed by atoms with Gasteiger partial charge in [0.05, 0.1) is 17.5 Å². The molecule has 1 atom stereocenters. The molecule has 1 amide bonds. The van der Waals surface area contributed by atoms with Gasteiger partial charge in [0.2, 0.25) is 15.9 Å². The van der Waals surface area contributed by atoms with Gasteiger partial charge in [-0.05, 0) is 37.4 Å². The Morgan fingerprint density at radius 3 is 2.31 bits per heavy atom. The molecular formula is C20H25N3O4S2. The van der Waals surface area contributed by atoms with Crippen LogP contribution in [0.5, 0.6) is 0 Å². The fourth-order valence-electron chi connectivity index (χ4n) is 3.24. The Bertz CT molecular complexity index is 948. The predicted molar refractivity (Wildman–Crippen MR) is 112 cm³/mol. The van der Waals surface area contributed by atoms with Gasteiger partial charge in [-0.3, -0.25) is 14.5 Å². The molecule has 1 aliphatic heterocycles. The number of Topliss-reactive ketones (excluding diaryl/α,β-unsaturated/α-hetero) is 1. The number of sulfonamides is 1. The van der Waals surface area contributed by atoms with Gasteiger partial charge in [-0.15, -0.1) is 11.3 Å². The highest BCUT2D eigenvalue weighted by Crippen LogP contribution is 2.19. The molecule has 9 heteroatoms. The van der Waals surface area contributed by atoms with Crippen LogP contribution in [0.1, 0.15) is 29.1 Å². The summed E-state index contributed by atoms with van der Waals surface area (Å²) in [5.41, 5.74) is 0.483. The van der Waals surface area contributed by atoms with Gasteiger partial charge < -0.3 is 5.32 Å². The summed E-state index contributed by atoms with van der Waals surface area (Å²) in [6.07, 6.45) is 0. The minimum Gasteiger partial charge on any atom is -0.350 e. The van der Waals surface area contributed by atoms with Crippen molar-refractivity contribution in [3.8, 4) is 0 Å². The van der Waals surface area contributed by atoms with Gasteiger partial charge in [0, 0.05) is 36.6 Å². The molecule has 1 N–H and O–H groups in total. The highest BCUT2D eigenvalue weighted by molar-refractivity contribution is 7.89. The van der Waals surface area contributed by atoms with E-state index < -0.39 is 10.0 Å². The molecule has 0 unspecified atom stereocenters. The van der Waals surface area contributed by atoms with Gasteiger partial charge in [-0.25, -0.2) is 8.42 Å². The maximum absolute atomic E-state index is 12.9. The molecule has 29 heavy (non-hydrogen) atoms. The van der Waals surface area contributed by atoms with Crippen molar-refractivity contribution in [1.82, 2.24) is 14.5 Å². The Morgan fingerprint density at radius 2 is 1.76 bits per heavy atom. The maximum atomic E-state index is 12.9. The third-order valence-electron chi connectivity index (χ3n) is 5.12. The number of ketones is 1. The van der Waals surface area contributed by atoms with E-state index in [1.165, 1.54) is 35.5 Å². The van der Waals surface area contributed by atoms with Gasteiger partial charge in [0.15, 0.2) is 5.78 Å². The average Bonchev–Trinajstić information content (AvgIpc) is 3.25. The molecular weight excluding hydrogens is 410 g/mol. The lowest BCUT2D eigenvalue weighted by Crippen LogP contribution is -2.54. The SMILES string of the molecule is CC(=O)c1ccc(S(=O)(=O)N2CCN([C@@H](C)C(=O)NCc3cccs3)CC2)cc1. The largest absolute Gasteiger partial charge is 0.350 e. The number of hydrogen-bond acceptors (Lipinski definition) is 6. The average molecular weight is 436 g/mol. The maximum Gasteiger partial charge on any atom is 0.243 e. The molecule has 1 aliphatic rings. The van der Waals surface area contributed by atoms with Crippen molar-refractivity contribution in [2.24, 2.45) is 0 Å². The zero-order valence-corrected chi connectivity index (χ0v) is 18.1. The van der Waals surface area contributed by atoms with Gasteiger partial charge in [0.1, 0.15) is 0 Å². The molecule has 3 rings (SSSR count). The number of piperazine rings is 1. The normalized spacial score (nSPS) is 17.0. The first kappa shape index (κ1) is 21.6. The van der Waals surface area contributed by atoms with Crippen LogP contribution in [0, 0.1) is 0 Å². The summed E-state index contributed by atoms with van der Waals surface area (Å²) in [5.74, 6) is -0.163. The molecule has 1 fully saturated rings. The van der Waals surface area contributed by atoms with Gasteiger partial charge >= 0.3 is 0 Å². The third kappa shape index (κ3) is 5.11. The Labute approximate surface area is 175 Å². The number of hydrogen-bond donors (Lipinski definition) is 1. The summed E-state index contributed by atoms with van der Waals surface area (Å²) in [5, 5.41) is 4.90. The van der Waals surface area contributed by atoms with E-state index in [0.717, 1.165) is 4.88 Å². The highest BCUT2D eigenvalue weighted by atomic mass is 32.2. The van der Waals surface area contributed by atoms with Gasteiger partial charge in [-0.1, -0.05) is 18.2 Å². The van der Waals surface area contributed by atoms with Crippen molar-refractivity contribution >= 4 is 33.1 Å². The second-order valence-electron chi connectivity index (χ2n) is 6.99. The van der Waals surface area contributed by atoms with Crippen molar-refractivity contribution in [3.05, 3.63) is 52.2 Å². The van der Waals surface area contributed by atoms with Crippen LogP contribution in [-0.4, -0.2) is 61.5 Å². The summed E-state index contributed by atoms with van der Waals surface area (Å²) < 4.78 is 27.1. The van der Waals surface area contributed by atoms with Crippen LogP contribution in [0.25, 0.3) is 0 Å². The highest BCUT2D eigenvalue weighted by Gasteiger charge is 2.31. The smallest absolute Gasteiger partial charge is 0.243 e. The number of benzene rings is 1. The summed E-state index contributed by atoms with van der Waals surface area (Å²) in [6.45, 7) is 5.40. The Hall–Kier alpha value is -2.07. The molecule has 0 aliphatic carbocycles. The molecule has 2 aromatic rings. The molecule has 1 aromatic carbocycles. The second kappa shape index (κ2) is 9.17. The Morgan fingerprint density at radius 1 is 1.10 bits per heavy atom. The van der Waals surface area contributed by atoms with Gasteiger partial charge in [0.25, 0.3) is 0 Å². The molecule has 1 aromatic heterocycles. The number of nitrogens with zero attached hydrogens (tertiary/aromatic N) is 2. The molecule has 2 heterocycles. The zero-order valence-electron chi connectivity index (χ0n) is 16.5. The van der Waals surface area contributed by atoms with E-state index in [4.69, 9.17) is 0 Å². The number of amides is 1. The summed E-state index contributed by atoms with van der Waals surface area (Å²) >= 11 is 1.60. The molecule has 0 bridgehead atoms. The quantitative estimate of drug-likeness (QED) is 0.672. The van der Waals surface area contributed by atoms with Crippen LogP contribution >= 0.6 is 11.3 Å². The molecule has 0 saturated carbocycles. The lowest BCUT2D eigenvalue weighted by Gasteiger charge is -2.36. The predicted octanol–water partition coefficient (Wildman–Crippen LogP) is 1.96. The van der Waals surface area contributed by atoms with Crippen LogP contribution in [-0.2, 0) is 21.4 Å². The molecule has 0 spiro atoms. The van der Waals surface area contributed by atoms with Crippen molar-refractivity contribution in [1.29, 1.82) is 0 Å². The van der Waals surface area contributed by atoms with E-state index in [0.29, 0.717) is 38.3 Å². The van der Waals surface area contributed by atoms with Crippen LogP contribution < -0.4 is 5.32 Å². The van der Waals surface area contributed by atoms with E-state index in [-0.39, 0.29) is 22.6 Å². The van der Waals surface area contributed by atoms with E-state index >= 15 is 0 Å². The monoisotopic (exact) mass is 435 g/mol. The van der Waals surface area contributed by atoms with Crippen molar-refractivity contribution < 1.29 is 18.0 Å². The topological polar surface area (TPSA) is 86.8 Å². The molecule has 0 radical (unpaired) electrons. The van der Waals surface area contributed by atoms with Crippen molar-refractivity contribution in [2.45, 2.75) is 31.3 Å². The van der Waals surface area contributed by atoms with Crippen LogP contribution in [0.3, 0.4) is 0 Å². The van der Waals surface area contributed by atoms with Crippen LogP contribution in [0.15, 0.2) is 46.7 Å². The minimum absolute atomic E-state index is 0.0606. The van der Waals surface area contributed by atoms with E-state index in [2.05, 4.69) is 5.32 Å². The first-order chi connectivity index (χ1) is 13.8. The first-order valence-electron chi connectivity index (χ1n) is 9.44. The van der Waals surface area contributed by atoms with E-state index in [9.17, 15) is 18.0 Å². The lowest BCUT2D eigenvalue weighted by atomic mass is 10.2. The number of carbonyl (C=O) groups is 2. The number of thiophene rings is 1.